The Kier molecular flexibility index (Phi) is 5.02. The van der Waals surface area contributed by atoms with E-state index in [1.807, 2.05) is 0 Å². The van der Waals surface area contributed by atoms with E-state index < -0.39 is 0 Å². The van der Waals surface area contributed by atoms with Crippen LogP contribution in [0, 0.1) is 5.92 Å². The van der Waals surface area contributed by atoms with Crippen LogP contribution in [0.4, 0.5) is 0 Å². The molecule has 1 aliphatic heterocycles. The van der Waals surface area contributed by atoms with E-state index in [9.17, 15) is 0 Å². The summed E-state index contributed by atoms with van der Waals surface area (Å²) in [6.07, 6.45) is 0.447. The Morgan fingerprint density at radius 3 is 2.44 bits per heavy atom. The smallest absolute Gasteiger partial charge is 0.208 e. The Bertz CT molecular complexity index is 232. The topological polar surface area (TPSA) is 62.9 Å². The fourth-order valence-corrected chi connectivity index (χ4v) is 1.86. The van der Waals surface area contributed by atoms with Crippen molar-refractivity contribution in [3.63, 3.8) is 0 Å². The van der Waals surface area contributed by atoms with Crippen molar-refractivity contribution < 1.29 is 4.74 Å². The van der Waals surface area contributed by atoms with Gasteiger partial charge in [0, 0.05) is 19.6 Å². The van der Waals surface area contributed by atoms with Gasteiger partial charge in [-0.05, 0) is 19.8 Å². The van der Waals surface area contributed by atoms with Crippen molar-refractivity contribution in [2.45, 2.75) is 39.9 Å². The largest absolute Gasteiger partial charge is 0.372 e. The number of nitrogens with two attached hydrogens (primary N) is 1. The number of hydrazine groups is 1. The summed E-state index contributed by atoms with van der Waals surface area (Å²) in [4.78, 5) is 6.64. The van der Waals surface area contributed by atoms with E-state index in [1.54, 1.807) is 0 Å². The van der Waals surface area contributed by atoms with Crippen LogP contribution < -0.4 is 11.3 Å². The maximum absolute atomic E-state index is 5.67. The summed E-state index contributed by atoms with van der Waals surface area (Å²) in [6.45, 7) is 10.9. The van der Waals surface area contributed by atoms with Gasteiger partial charge in [0.1, 0.15) is 0 Å². The van der Waals surface area contributed by atoms with E-state index in [1.165, 1.54) is 0 Å². The molecule has 1 fully saturated rings. The molecule has 0 amide bonds. The van der Waals surface area contributed by atoms with Gasteiger partial charge < -0.3 is 9.64 Å². The number of ether oxygens (including phenoxy) is 1. The van der Waals surface area contributed by atoms with Crippen LogP contribution in [0.2, 0.25) is 0 Å². The number of morpholine rings is 1. The van der Waals surface area contributed by atoms with Crippen LogP contribution in [-0.4, -0.2) is 42.7 Å². The van der Waals surface area contributed by atoms with E-state index in [4.69, 9.17) is 10.6 Å². The molecule has 0 aromatic heterocycles. The summed E-state index contributed by atoms with van der Waals surface area (Å²) in [6, 6.07) is 0. The van der Waals surface area contributed by atoms with E-state index in [2.05, 4.69) is 43.0 Å². The van der Waals surface area contributed by atoms with Gasteiger partial charge in [0.25, 0.3) is 0 Å². The SMILES string of the molecule is CC(C)CN=C(NN)N1CC(C)OC(C)C1. The van der Waals surface area contributed by atoms with Gasteiger partial charge in [-0.3, -0.25) is 10.4 Å². The minimum atomic E-state index is 0.223. The minimum absolute atomic E-state index is 0.223. The number of rotatable bonds is 2. The lowest BCUT2D eigenvalue weighted by Gasteiger charge is -2.36. The Labute approximate surface area is 98.0 Å². The van der Waals surface area contributed by atoms with Crippen LogP contribution in [0.15, 0.2) is 4.99 Å². The van der Waals surface area contributed by atoms with Crippen LogP contribution in [0.5, 0.6) is 0 Å². The molecule has 16 heavy (non-hydrogen) atoms. The highest BCUT2D eigenvalue weighted by molar-refractivity contribution is 5.79. The summed E-state index contributed by atoms with van der Waals surface area (Å²) in [7, 11) is 0. The van der Waals surface area contributed by atoms with Crippen molar-refractivity contribution in [1.82, 2.24) is 10.3 Å². The summed E-state index contributed by atoms with van der Waals surface area (Å²) in [5, 5.41) is 0. The first-order valence-electron chi connectivity index (χ1n) is 5.94. The van der Waals surface area contributed by atoms with E-state index in [0.29, 0.717) is 5.92 Å². The van der Waals surface area contributed by atoms with Crippen LogP contribution in [0.25, 0.3) is 0 Å². The predicted molar refractivity (Wildman–Crippen MR) is 66.0 cm³/mol. The maximum atomic E-state index is 5.67. The summed E-state index contributed by atoms with van der Waals surface area (Å²) < 4.78 is 5.67. The second-order valence-corrected chi connectivity index (χ2v) is 4.86. The lowest BCUT2D eigenvalue weighted by Crippen LogP contribution is -2.54. The maximum Gasteiger partial charge on any atom is 0.208 e. The van der Waals surface area contributed by atoms with Crippen molar-refractivity contribution >= 4 is 5.96 Å². The Hall–Kier alpha value is -0.810. The first-order chi connectivity index (χ1) is 7.52. The van der Waals surface area contributed by atoms with Crippen LogP contribution in [0.1, 0.15) is 27.7 Å². The number of aliphatic imine (C=N–C) groups is 1. The molecule has 2 unspecified atom stereocenters. The van der Waals surface area contributed by atoms with Crippen LogP contribution in [0.3, 0.4) is 0 Å². The Morgan fingerprint density at radius 1 is 1.44 bits per heavy atom. The lowest BCUT2D eigenvalue weighted by molar-refractivity contribution is -0.0489. The zero-order chi connectivity index (χ0) is 12.1. The molecule has 5 heteroatoms. The van der Waals surface area contributed by atoms with E-state index in [-0.39, 0.29) is 12.2 Å². The zero-order valence-corrected chi connectivity index (χ0v) is 10.7. The Morgan fingerprint density at radius 2 is 2.00 bits per heavy atom. The van der Waals surface area contributed by atoms with Gasteiger partial charge in [0.05, 0.1) is 12.2 Å². The predicted octanol–water partition coefficient (Wildman–Crippen LogP) is 0.571. The quantitative estimate of drug-likeness (QED) is 0.314. The second-order valence-electron chi connectivity index (χ2n) is 4.86. The highest BCUT2D eigenvalue weighted by Crippen LogP contribution is 2.10. The third-order valence-electron chi connectivity index (χ3n) is 2.45. The number of guanidine groups is 1. The van der Waals surface area contributed by atoms with Crippen LogP contribution >= 0.6 is 0 Å². The molecule has 0 aromatic rings. The Balaban J connectivity index is 2.61. The van der Waals surface area contributed by atoms with Crippen LogP contribution in [-0.2, 0) is 4.74 Å². The molecule has 1 saturated heterocycles. The monoisotopic (exact) mass is 228 g/mol. The first-order valence-corrected chi connectivity index (χ1v) is 5.94. The molecule has 2 atom stereocenters. The standard InChI is InChI=1S/C11H24N4O/c1-8(2)5-13-11(14-12)15-6-9(3)16-10(4)7-15/h8-10H,5-7,12H2,1-4H3,(H,13,14). The third kappa shape index (κ3) is 3.98. The van der Waals surface area contributed by atoms with Crippen molar-refractivity contribution in [3.05, 3.63) is 0 Å². The highest BCUT2D eigenvalue weighted by Gasteiger charge is 2.24. The molecule has 0 aliphatic carbocycles. The van der Waals surface area contributed by atoms with Crippen molar-refractivity contribution in [1.29, 1.82) is 0 Å². The van der Waals surface area contributed by atoms with Gasteiger partial charge >= 0.3 is 0 Å². The number of nitrogens with one attached hydrogen (secondary N) is 1. The van der Waals surface area contributed by atoms with Gasteiger partial charge in [-0.1, -0.05) is 13.8 Å². The first kappa shape index (κ1) is 13.3. The molecule has 94 valence electrons. The number of hydrogen-bond donors (Lipinski definition) is 2. The molecule has 0 aromatic carbocycles. The molecular formula is C11H24N4O. The van der Waals surface area contributed by atoms with Gasteiger partial charge in [-0.2, -0.15) is 0 Å². The number of hydrogen-bond acceptors (Lipinski definition) is 3. The average Bonchev–Trinajstić information content (AvgIpc) is 2.16. The molecule has 0 spiro atoms. The molecule has 3 N–H and O–H groups in total. The normalized spacial score (nSPS) is 27.4. The van der Waals surface area contributed by atoms with Gasteiger partial charge in [-0.15, -0.1) is 0 Å². The number of nitrogens with zero attached hydrogens (tertiary/aromatic N) is 2. The fourth-order valence-electron chi connectivity index (χ4n) is 1.86. The summed E-state index contributed by atoms with van der Waals surface area (Å²) >= 11 is 0. The van der Waals surface area contributed by atoms with Crippen molar-refractivity contribution in [2.24, 2.45) is 16.8 Å². The molecule has 1 rings (SSSR count). The molecule has 1 heterocycles. The highest BCUT2D eigenvalue weighted by atomic mass is 16.5. The van der Waals surface area contributed by atoms with Gasteiger partial charge in [0.2, 0.25) is 5.96 Å². The van der Waals surface area contributed by atoms with Crippen molar-refractivity contribution in [2.75, 3.05) is 19.6 Å². The summed E-state index contributed by atoms with van der Waals surface area (Å²) in [5.74, 6) is 6.83. The average molecular weight is 228 g/mol. The van der Waals surface area contributed by atoms with E-state index in [0.717, 1.165) is 25.6 Å². The third-order valence-corrected chi connectivity index (χ3v) is 2.45. The molecule has 1 aliphatic rings. The second kappa shape index (κ2) is 6.06. The van der Waals surface area contributed by atoms with Gasteiger partial charge in [-0.25, -0.2) is 5.84 Å². The van der Waals surface area contributed by atoms with Gasteiger partial charge in [0.15, 0.2) is 0 Å². The molecule has 0 radical (unpaired) electrons. The lowest BCUT2D eigenvalue weighted by atomic mass is 10.2. The van der Waals surface area contributed by atoms with E-state index >= 15 is 0 Å². The fraction of sp³-hybridized carbons (Fsp3) is 0.909. The molecule has 5 nitrogen and oxygen atoms in total. The zero-order valence-electron chi connectivity index (χ0n) is 10.7. The van der Waals surface area contributed by atoms with Crippen molar-refractivity contribution in [3.8, 4) is 0 Å². The summed E-state index contributed by atoms with van der Waals surface area (Å²) in [5.41, 5.74) is 2.69. The molecule has 0 bridgehead atoms. The molecule has 0 saturated carbocycles. The molecular weight excluding hydrogens is 204 g/mol. The minimum Gasteiger partial charge on any atom is -0.372 e.